The molecule has 0 spiro atoms. The van der Waals surface area contributed by atoms with Crippen LogP contribution in [0.15, 0.2) is 42.5 Å². The Kier molecular flexibility index (Phi) is 5.91. The summed E-state index contributed by atoms with van der Waals surface area (Å²) in [6, 6.07) is 13.3. The summed E-state index contributed by atoms with van der Waals surface area (Å²) < 4.78 is 10.6. The maximum absolute atomic E-state index is 12.2. The van der Waals surface area contributed by atoms with Crippen LogP contribution >= 0.6 is 0 Å². The molecule has 0 fully saturated rings. The number of methoxy groups -OCH3 is 2. The molecule has 0 aliphatic heterocycles. The number of nitrogens with one attached hydrogen (secondary N) is 2. The van der Waals surface area contributed by atoms with Gasteiger partial charge in [0.15, 0.2) is 11.5 Å². The minimum Gasteiger partial charge on any atom is -0.493 e. The van der Waals surface area contributed by atoms with Gasteiger partial charge >= 0.3 is 6.03 Å². The van der Waals surface area contributed by atoms with Gasteiger partial charge in [-0.25, -0.2) is 4.79 Å². The van der Waals surface area contributed by atoms with Crippen molar-refractivity contribution in [3.05, 3.63) is 53.6 Å². The highest BCUT2D eigenvalue weighted by molar-refractivity contribution is 5.89. The Labute approximate surface area is 149 Å². The van der Waals surface area contributed by atoms with E-state index < -0.39 is 0 Å². The summed E-state index contributed by atoms with van der Waals surface area (Å²) in [6.45, 7) is 6.62. The molecule has 0 saturated carbocycles. The zero-order valence-corrected chi connectivity index (χ0v) is 15.5. The van der Waals surface area contributed by atoms with Crippen LogP contribution in [0.1, 0.15) is 25.0 Å². The number of hydrogen-bond donors (Lipinski definition) is 2. The zero-order chi connectivity index (χ0) is 18.4. The molecule has 2 amide bonds. The Morgan fingerprint density at radius 1 is 1.04 bits per heavy atom. The number of amides is 2. The number of aryl methyl sites for hydroxylation is 1. The fourth-order valence-corrected chi connectivity index (χ4v) is 2.56. The van der Waals surface area contributed by atoms with Gasteiger partial charge in [0.1, 0.15) is 0 Å². The normalized spacial score (nSPS) is 10.9. The molecule has 0 heterocycles. The lowest BCUT2D eigenvalue weighted by Gasteiger charge is -2.26. The lowest BCUT2D eigenvalue weighted by Crippen LogP contribution is -2.39. The highest BCUT2D eigenvalue weighted by atomic mass is 16.5. The Hall–Kier alpha value is -2.69. The average molecular weight is 342 g/mol. The van der Waals surface area contributed by atoms with E-state index in [-0.39, 0.29) is 11.4 Å². The first-order valence-electron chi connectivity index (χ1n) is 8.20. The van der Waals surface area contributed by atoms with Gasteiger partial charge in [-0.1, -0.05) is 32.0 Å². The Balaban J connectivity index is 2.02. The number of rotatable bonds is 6. The first-order chi connectivity index (χ1) is 11.9. The smallest absolute Gasteiger partial charge is 0.319 e. The molecule has 2 aromatic rings. The molecule has 0 unspecified atom stereocenters. The van der Waals surface area contributed by atoms with E-state index in [4.69, 9.17) is 9.47 Å². The van der Waals surface area contributed by atoms with Crippen molar-refractivity contribution in [3.63, 3.8) is 0 Å². The second-order valence-corrected chi connectivity index (χ2v) is 6.63. The predicted molar refractivity (Wildman–Crippen MR) is 101 cm³/mol. The predicted octanol–water partition coefficient (Wildman–Crippen LogP) is 4.11. The van der Waals surface area contributed by atoms with E-state index in [0.717, 1.165) is 16.8 Å². The van der Waals surface area contributed by atoms with Gasteiger partial charge in [-0.3, -0.25) is 0 Å². The van der Waals surface area contributed by atoms with Crippen LogP contribution in [0.2, 0.25) is 0 Å². The number of benzene rings is 2. The molecule has 134 valence electrons. The summed E-state index contributed by atoms with van der Waals surface area (Å²) in [7, 11) is 3.22. The molecular formula is C20H26N2O3. The van der Waals surface area contributed by atoms with E-state index in [2.05, 4.69) is 24.5 Å². The van der Waals surface area contributed by atoms with Crippen LogP contribution in [0.3, 0.4) is 0 Å². The van der Waals surface area contributed by atoms with Crippen molar-refractivity contribution in [1.82, 2.24) is 5.32 Å². The minimum absolute atomic E-state index is 0.223. The zero-order valence-electron chi connectivity index (χ0n) is 15.5. The number of hydrogen-bond acceptors (Lipinski definition) is 3. The van der Waals surface area contributed by atoms with Crippen molar-refractivity contribution in [1.29, 1.82) is 0 Å². The van der Waals surface area contributed by atoms with Crippen LogP contribution in [0.4, 0.5) is 10.5 Å². The van der Waals surface area contributed by atoms with Crippen LogP contribution in [-0.4, -0.2) is 26.8 Å². The lowest BCUT2D eigenvalue weighted by molar-refractivity contribution is 0.249. The van der Waals surface area contributed by atoms with Gasteiger partial charge in [-0.15, -0.1) is 0 Å². The van der Waals surface area contributed by atoms with Crippen molar-refractivity contribution < 1.29 is 14.3 Å². The molecule has 25 heavy (non-hydrogen) atoms. The fraction of sp³-hybridized carbons (Fsp3) is 0.350. The second-order valence-electron chi connectivity index (χ2n) is 6.63. The summed E-state index contributed by atoms with van der Waals surface area (Å²) in [4.78, 5) is 12.2. The van der Waals surface area contributed by atoms with E-state index >= 15 is 0 Å². The lowest BCUT2D eigenvalue weighted by atomic mass is 9.84. The van der Waals surface area contributed by atoms with Crippen molar-refractivity contribution in [2.75, 3.05) is 26.1 Å². The first-order valence-corrected chi connectivity index (χ1v) is 8.20. The number of carbonyl (C=O) groups is 1. The molecule has 0 bridgehead atoms. The Bertz CT molecular complexity index is 741. The molecular weight excluding hydrogens is 316 g/mol. The molecule has 0 aromatic heterocycles. The number of anilines is 1. The second kappa shape index (κ2) is 7.92. The fourth-order valence-electron chi connectivity index (χ4n) is 2.56. The highest BCUT2D eigenvalue weighted by Crippen LogP contribution is 2.32. The summed E-state index contributed by atoms with van der Waals surface area (Å²) in [5.74, 6) is 1.37. The number of carbonyl (C=O) groups excluding carboxylic acids is 1. The van der Waals surface area contributed by atoms with E-state index in [0.29, 0.717) is 18.0 Å². The summed E-state index contributed by atoms with van der Waals surface area (Å²) in [6.07, 6.45) is 0. The largest absolute Gasteiger partial charge is 0.493 e. The average Bonchev–Trinajstić information content (AvgIpc) is 2.59. The monoisotopic (exact) mass is 342 g/mol. The SMILES string of the molecule is COc1ccc(C(C)(C)CNC(=O)Nc2cccc(C)c2)cc1OC. The van der Waals surface area contributed by atoms with Crippen molar-refractivity contribution in [3.8, 4) is 11.5 Å². The van der Waals surface area contributed by atoms with Crippen LogP contribution in [-0.2, 0) is 5.41 Å². The molecule has 0 radical (unpaired) electrons. The molecule has 0 atom stereocenters. The van der Waals surface area contributed by atoms with Gasteiger partial charge in [0, 0.05) is 17.6 Å². The quantitative estimate of drug-likeness (QED) is 0.830. The maximum Gasteiger partial charge on any atom is 0.319 e. The third-order valence-electron chi connectivity index (χ3n) is 4.13. The Morgan fingerprint density at radius 2 is 1.76 bits per heavy atom. The first kappa shape index (κ1) is 18.6. The van der Waals surface area contributed by atoms with E-state index in [1.807, 2.05) is 49.4 Å². The van der Waals surface area contributed by atoms with Gasteiger partial charge in [-0.2, -0.15) is 0 Å². The molecule has 0 aliphatic carbocycles. The number of ether oxygens (including phenoxy) is 2. The Morgan fingerprint density at radius 3 is 2.40 bits per heavy atom. The van der Waals surface area contributed by atoms with E-state index in [1.165, 1.54) is 0 Å². The standard InChI is InChI=1S/C20H26N2O3/c1-14-7-6-8-16(11-14)22-19(23)21-13-20(2,3)15-9-10-17(24-4)18(12-15)25-5/h6-12H,13H2,1-5H3,(H2,21,22,23). The summed E-state index contributed by atoms with van der Waals surface area (Å²) in [5.41, 5.74) is 2.68. The molecule has 5 heteroatoms. The van der Waals surface area contributed by atoms with Crippen LogP contribution in [0.25, 0.3) is 0 Å². The topological polar surface area (TPSA) is 59.6 Å². The van der Waals surface area contributed by atoms with Gasteiger partial charge in [0.05, 0.1) is 14.2 Å². The van der Waals surface area contributed by atoms with Gasteiger partial charge in [-0.05, 0) is 42.3 Å². The summed E-state index contributed by atoms with van der Waals surface area (Å²) >= 11 is 0. The van der Waals surface area contributed by atoms with E-state index in [9.17, 15) is 4.79 Å². The van der Waals surface area contributed by atoms with Crippen molar-refractivity contribution >= 4 is 11.7 Å². The van der Waals surface area contributed by atoms with Gasteiger partial charge in [0.2, 0.25) is 0 Å². The molecule has 5 nitrogen and oxygen atoms in total. The van der Waals surface area contributed by atoms with Gasteiger partial charge < -0.3 is 20.1 Å². The van der Waals surface area contributed by atoms with Crippen molar-refractivity contribution in [2.24, 2.45) is 0 Å². The van der Waals surface area contributed by atoms with Crippen LogP contribution in [0, 0.1) is 6.92 Å². The molecule has 2 N–H and O–H groups in total. The van der Waals surface area contributed by atoms with Crippen LogP contribution in [0.5, 0.6) is 11.5 Å². The minimum atomic E-state index is -0.260. The highest BCUT2D eigenvalue weighted by Gasteiger charge is 2.23. The van der Waals surface area contributed by atoms with Crippen LogP contribution < -0.4 is 20.1 Å². The molecule has 2 rings (SSSR count). The molecule has 2 aromatic carbocycles. The van der Waals surface area contributed by atoms with E-state index in [1.54, 1.807) is 14.2 Å². The third kappa shape index (κ3) is 4.89. The van der Waals surface area contributed by atoms with Gasteiger partial charge in [0.25, 0.3) is 0 Å². The third-order valence-corrected chi connectivity index (χ3v) is 4.13. The van der Waals surface area contributed by atoms with Crippen molar-refractivity contribution in [2.45, 2.75) is 26.2 Å². The maximum atomic E-state index is 12.2. The number of urea groups is 1. The molecule has 0 saturated heterocycles. The summed E-state index contributed by atoms with van der Waals surface area (Å²) in [5, 5.41) is 5.79. The molecule has 0 aliphatic rings.